The molecule has 252 valence electrons. The number of rotatable bonds is 12. The third kappa shape index (κ3) is 6.92. The number of nitrogens with one attached hydrogen (secondary N) is 1. The van der Waals surface area contributed by atoms with Crippen molar-refractivity contribution in [3.8, 4) is 0 Å². The van der Waals surface area contributed by atoms with Crippen molar-refractivity contribution in [3.63, 3.8) is 0 Å². The molecule has 2 aliphatic heterocycles. The molecule has 5 unspecified atom stereocenters. The number of primary amides is 1. The molecular formula is C23H32N7O14P2+. The Hall–Kier alpha value is -3.14. The monoisotopic (exact) mass is 692 g/mol. The van der Waals surface area contributed by atoms with Crippen LogP contribution in [0.2, 0.25) is 0 Å². The number of anilines is 2. The van der Waals surface area contributed by atoms with Gasteiger partial charge in [0.1, 0.15) is 41.6 Å². The molecule has 2 fully saturated rings. The lowest BCUT2D eigenvalue weighted by Gasteiger charge is -2.20. The number of fused-ring (bicyclic) bond motifs is 1. The summed E-state index contributed by atoms with van der Waals surface area (Å²) in [6.45, 7) is -1.80. The Kier molecular flexibility index (Phi) is 9.79. The first kappa shape index (κ1) is 34.2. The van der Waals surface area contributed by atoms with Crippen LogP contribution in [0.3, 0.4) is 0 Å². The third-order valence-corrected chi connectivity index (χ3v) is 9.78. The lowest BCUT2D eigenvalue weighted by atomic mass is 10.1. The van der Waals surface area contributed by atoms with Gasteiger partial charge in [-0.15, -0.1) is 0 Å². The van der Waals surface area contributed by atoms with Gasteiger partial charge in [0.15, 0.2) is 30.4 Å². The van der Waals surface area contributed by atoms with Crippen LogP contribution < -0.4 is 21.4 Å². The highest BCUT2D eigenvalue weighted by atomic mass is 31.3. The molecule has 11 N–H and O–H groups in total. The van der Waals surface area contributed by atoms with Crippen LogP contribution in [0.4, 0.5) is 11.6 Å². The Balaban J connectivity index is 1.18. The maximum atomic E-state index is 12.5. The topological polar surface area (TPSA) is 317 Å². The number of aromatic nitrogens is 4. The van der Waals surface area contributed by atoms with E-state index >= 15 is 0 Å². The highest BCUT2D eigenvalue weighted by Gasteiger charge is 2.50. The fraction of sp³-hybridized carbons (Fsp3) is 0.478. The number of carbonyl (C=O) groups is 1. The Morgan fingerprint density at radius 3 is 2.30 bits per heavy atom. The number of phosphoric acid groups is 2. The van der Waals surface area contributed by atoms with Crippen LogP contribution >= 0.6 is 15.6 Å². The number of aliphatic hydroxyl groups excluding tert-OH is 4. The maximum Gasteiger partial charge on any atom is 0.481 e. The van der Waals surface area contributed by atoms with Crippen molar-refractivity contribution in [1.82, 2.24) is 14.5 Å². The molecule has 5 rings (SSSR count). The fourth-order valence-corrected chi connectivity index (χ4v) is 7.02. The minimum Gasteiger partial charge on any atom is -0.397 e. The van der Waals surface area contributed by atoms with Crippen LogP contribution in [0.1, 0.15) is 22.8 Å². The van der Waals surface area contributed by atoms with Gasteiger partial charge < -0.3 is 56.5 Å². The number of imidazole rings is 1. The Morgan fingerprint density at radius 1 is 1.04 bits per heavy atom. The number of amides is 1. The highest BCUT2D eigenvalue weighted by Crippen LogP contribution is 2.60. The summed E-state index contributed by atoms with van der Waals surface area (Å²) in [7, 11) is -9.24. The van der Waals surface area contributed by atoms with Crippen molar-refractivity contribution in [2.75, 3.05) is 31.3 Å². The zero-order valence-corrected chi connectivity index (χ0v) is 25.6. The van der Waals surface area contributed by atoms with Crippen LogP contribution in [0.25, 0.3) is 11.2 Å². The van der Waals surface area contributed by atoms with Gasteiger partial charge in [-0.2, -0.15) is 8.88 Å². The number of ether oxygens (including phenoxy) is 2. The summed E-state index contributed by atoms with van der Waals surface area (Å²) in [6, 6.07) is 4.35. The van der Waals surface area contributed by atoms with Gasteiger partial charge >= 0.3 is 15.6 Å². The van der Waals surface area contributed by atoms with Crippen molar-refractivity contribution < 1.29 is 71.5 Å². The minimum absolute atomic E-state index is 0.0696. The summed E-state index contributed by atoms with van der Waals surface area (Å²) in [5, 5.41) is 44.8. The standard InChI is InChI=1S/C23H31N7O14P2/c1-26-23-28-14-11(24)4-5-27-20(14)30(23)22-18(34)16(32)13(43-22)9-41-46(38,39)44-45(36,37)40-8-12-15(31)17(33)21(42-12)29-6-2-3-10(7-29)19(25)35/h2-7,12-13,15-18,21-22,31-34H,8-9H2,1H3,(H6-,24,25,26,27,28,35,36,37,38,39)/p+1/t12-,13-,15?,16+,17?,18?,21-,22-/m1/s1. The number of hydrogen-bond donors (Lipinski definition) is 9. The van der Waals surface area contributed by atoms with Crippen molar-refractivity contribution >= 4 is 44.4 Å². The number of carbonyl (C=O) groups excluding carboxylic acids is 1. The molecule has 0 spiro atoms. The molecule has 0 aliphatic carbocycles. The van der Waals surface area contributed by atoms with Crippen LogP contribution in [0.5, 0.6) is 0 Å². The second-order valence-electron chi connectivity index (χ2n) is 10.2. The van der Waals surface area contributed by atoms with Gasteiger partial charge in [-0.05, 0) is 12.1 Å². The molecule has 0 bridgehead atoms. The molecule has 5 heterocycles. The Labute approximate surface area is 259 Å². The lowest BCUT2D eigenvalue weighted by molar-refractivity contribution is -0.765. The van der Waals surface area contributed by atoms with E-state index in [-0.39, 0.29) is 28.4 Å². The van der Waals surface area contributed by atoms with E-state index in [1.165, 1.54) is 53.0 Å². The normalized spacial score (nSPS) is 30.7. The number of pyridine rings is 2. The number of phosphoric ester groups is 2. The number of hydrogen-bond acceptors (Lipinski definition) is 16. The minimum atomic E-state index is -5.39. The smallest absolute Gasteiger partial charge is 0.397 e. The van der Waals surface area contributed by atoms with E-state index in [1.54, 1.807) is 0 Å². The first-order chi connectivity index (χ1) is 21.6. The first-order valence-electron chi connectivity index (χ1n) is 13.4. The number of nitrogens with two attached hydrogens (primary N) is 2. The third-order valence-electron chi connectivity index (χ3n) is 7.17. The van der Waals surface area contributed by atoms with Gasteiger partial charge in [-0.25, -0.2) is 19.1 Å². The molecule has 3 aromatic heterocycles. The molecule has 0 aromatic carbocycles. The van der Waals surface area contributed by atoms with E-state index < -0.39 is 83.8 Å². The van der Waals surface area contributed by atoms with Gasteiger partial charge in [-0.3, -0.25) is 18.4 Å². The molecule has 2 saturated heterocycles. The predicted molar refractivity (Wildman–Crippen MR) is 151 cm³/mol. The quantitative estimate of drug-likeness (QED) is 0.0707. The van der Waals surface area contributed by atoms with E-state index in [2.05, 4.69) is 19.6 Å². The van der Waals surface area contributed by atoms with Crippen LogP contribution in [0.15, 0.2) is 36.8 Å². The molecular weight excluding hydrogens is 660 g/mol. The largest absolute Gasteiger partial charge is 0.481 e. The van der Waals surface area contributed by atoms with E-state index in [0.29, 0.717) is 0 Å². The lowest BCUT2D eigenvalue weighted by Crippen LogP contribution is -2.46. The zero-order valence-electron chi connectivity index (χ0n) is 23.8. The molecule has 21 nitrogen and oxygen atoms in total. The zero-order chi connectivity index (χ0) is 33.6. The van der Waals surface area contributed by atoms with E-state index in [4.69, 9.17) is 30.0 Å². The predicted octanol–water partition coefficient (Wildman–Crippen LogP) is -2.37. The molecule has 3 aromatic rings. The van der Waals surface area contributed by atoms with E-state index in [0.717, 1.165) is 0 Å². The molecule has 0 saturated carbocycles. The van der Waals surface area contributed by atoms with E-state index in [9.17, 15) is 44.1 Å². The molecule has 46 heavy (non-hydrogen) atoms. The van der Waals surface area contributed by atoms with Crippen molar-refractivity contribution in [2.24, 2.45) is 5.73 Å². The highest BCUT2D eigenvalue weighted by molar-refractivity contribution is 7.61. The van der Waals surface area contributed by atoms with Crippen molar-refractivity contribution in [1.29, 1.82) is 0 Å². The van der Waals surface area contributed by atoms with E-state index in [1.807, 2.05) is 0 Å². The van der Waals surface area contributed by atoms with Crippen molar-refractivity contribution in [3.05, 3.63) is 42.4 Å². The van der Waals surface area contributed by atoms with Gasteiger partial charge in [0.25, 0.3) is 12.1 Å². The summed E-state index contributed by atoms with van der Waals surface area (Å²) >= 11 is 0. The van der Waals surface area contributed by atoms with Gasteiger partial charge in [0.2, 0.25) is 5.95 Å². The first-order valence-corrected chi connectivity index (χ1v) is 16.4. The number of nitrogen functional groups attached to an aromatic ring is 1. The Bertz CT molecular complexity index is 1700. The van der Waals surface area contributed by atoms with Gasteiger partial charge in [-0.1, -0.05) is 0 Å². The second kappa shape index (κ2) is 13.2. The summed E-state index contributed by atoms with van der Waals surface area (Å²) in [5.41, 5.74) is 12.0. The molecule has 2 aliphatic rings. The molecule has 10 atom stereocenters. The molecule has 1 amide bonds. The number of aliphatic hydroxyl groups is 4. The van der Waals surface area contributed by atoms with Crippen LogP contribution in [-0.2, 0) is 32.0 Å². The average molecular weight is 692 g/mol. The van der Waals surface area contributed by atoms with Gasteiger partial charge in [0.05, 0.1) is 18.9 Å². The summed E-state index contributed by atoms with van der Waals surface area (Å²) < 4.78 is 52.5. The van der Waals surface area contributed by atoms with Gasteiger partial charge in [0, 0.05) is 19.3 Å². The summed E-state index contributed by atoms with van der Waals surface area (Å²) in [4.78, 5) is 40.1. The van der Waals surface area contributed by atoms with Crippen molar-refractivity contribution in [2.45, 2.75) is 49.1 Å². The fourth-order valence-electron chi connectivity index (χ4n) is 4.93. The summed E-state index contributed by atoms with van der Waals surface area (Å²) in [6.07, 6.45) is -7.92. The van der Waals surface area contributed by atoms with Crippen LogP contribution in [0, 0.1) is 0 Å². The Morgan fingerprint density at radius 2 is 1.67 bits per heavy atom. The number of nitrogens with zero attached hydrogens (tertiary/aromatic N) is 4. The molecule has 23 heteroatoms. The van der Waals surface area contributed by atoms with Crippen LogP contribution in [-0.4, -0.2) is 108 Å². The second-order valence-corrected chi connectivity index (χ2v) is 13.3. The summed E-state index contributed by atoms with van der Waals surface area (Å²) in [5.74, 6) is -0.598. The SMILES string of the molecule is CNc1nc2c(N)ccnc2n1[C@@H]1O[C@H](COP(=O)(O)OP(=O)(O)OC[C@H]2O[C@@H]([n+]3cccc(C(N)=O)c3)C(O)C2O)[C@H](O)C1O. The average Bonchev–Trinajstić information content (AvgIpc) is 3.61. The maximum absolute atomic E-state index is 12.5. The molecule has 0 radical (unpaired) electrons.